The monoisotopic (exact) mass is 373 g/mol. The molecule has 3 aromatic rings. The van der Waals surface area contributed by atoms with E-state index < -0.39 is 0 Å². The van der Waals surface area contributed by atoms with Gasteiger partial charge in [-0.05, 0) is 39.7 Å². The highest BCUT2D eigenvalue weighted by Crippen LogP contribution is 2.18. The molecular weight excluding hydrogens is 358 g/mol. The summed E-state index contributed by atoms with van der Waals surface area (Å²) in [5.41, 5.74) is 2.58. The highest BCUT2D eigenvalue weighted by Gasteiger charge is 2.19. The summed E-state index contributed by atoms with van der Waals surface area (Å²) >= 11 is 3.36. The number of amides is 1. The van der Waals surface area contributed by atoms with Gasteiger partial charge in [-0.1, -0.05) is 12.1 Å². The van der Waals surface area contributed by atoms with Crippen molar-refractivity contribution in [3.63, 3.8) is 0 Å². The van der Waals surface area contributed by atoms with Crippen LogP contribution < -0.4 is 0 Å². The normalized spacial score (nSPS) is 10.7. The fourth-order valence-corrected chi connectivity index (χ4v) is 2.87. The average molecular weight is 374 g/mol. The molecule has 1 aromatic carbocycles. The number of hydrogen-bond donors (Lipinski definition) is 0. The maximum Gasteiger partial charge on any atom is 0.273 e. The first-order valence-corrected chi connectivity index (χ1v) is 7.87. The summed E-state index contributed by atoms with van der Waals surface area (Å²) in [6.07, 6.45) is 5.26. The quantitative estimate of drug-likeness (QED) is 0.706. The number of hydrogen-bond acceptors (Lipinski definition) is 3. The van der Waals surface area contributed by atoms with Crippen LogP contribution in [0.5, 0.6) is 0 Å². The summed E-state index contributed by atoms with van der Waals surface area (Å²) in [5, 5.41) is 8.28. The zero-order valence-electron chi connectivity index (χ0n) is 12.8. The Bertz CT molecular complexity index is 788. The van der Waals surface area contributed by atoms with E-state index >= 15 is 0 Å². The van der Waals surface area contributed by atoms with Crippen molar-refractivity contribution in [2.24, 2.45) is 7.05 Å². The third-order valence-corrected chi connectivity index (χ3v) is 4.15. The van der Waals surface area contributed by atoms with E-state index in [1.807, 2.05) is 36.5 Å². The van der Waals surface area contributed by atoms with Gasteiger partial charge in [0.1, 0.15) is 5.69 Å². The second kappa shape index (κ2) is 6.37. The first kappa shape index (κ1) is 15.5. The molecule has 7 heteroatoms. The van der Waals surface area contributed by atoms with E-state index in [-0.39, 0.29) is 5.91 Å². The highest BCUT2D eigenvalue weighted by molar-refractivity contribution is 9.10. The molecule has 0 fully saturated rings. The Morgan fingerprint density at radius 3 is 2.57 bits per heavy atom. The van der Waals surface area contributed by atoms with Gasteiger partial charge in [0, 0.05) is 33.0 Å². The van der Waals surface area contributed by atoms with E-state index in [0.29, 0.717) is 16.7 Å². The first-order valence-electron chi connectivity index (χ1n) is 7.08. The summed E-state index contributed by atoms with van der Waals surface area (Å²) in [6.45, 7) is 0.524. The second-order valence-corrected chi connectivity index (χ2v) is 6.10. The minimum atomic E-state index is -0.0759. The lowest BCUT2D eigenvalue weighted by Crippen LogP contribution is -2.28. The Balaban J connectivity index is 1.73. The van der Waals surface area contributed by atoms with Gasteiger partial charge in [0.2, 0.25) is 0 Å². The Morgan fingerprint density at radius 1 is 1.26 bits per heavy atom. The summed E-state index contributed by atoms with van der Waals surface area (Å²) in [7, 11) is 3.54. The van der Waals surface area contributed by atoms with Crippen LogP contribution in [0.4, 0.5) is 0 Å². The number of benzene rings is 1. The molecule has 0 N–H and O–H groups in total. The maximum atomic E-state index is 12.5. The second-order valence-electron chi connectivity index (χ2n) is 5.24. The number of aryl methyl sites for hydroxylation is 1. The van der Waals surface area contributed by atoms with Crippen LogP contribution in [0.15, 0.2) is 53.4 Å². The van der Waals surface area contributed by atoms with Gasteiger partial charge in [0.25, 0.3) is 5.91 Å². The third-order valence-electron chi connectivity index (χ3n) is 3.57. The zero-order valence-corrected chi connectivity index (χ0v) is 14.4. The third kappa shape index (κ3) is 3.19. The molecule has 0 bridgehead atoms. The topological polar surface area (TPSA) is 56.0 Å². The van der Waals surface area contributed by atoms with Crippen LogP contribution >= 0.6 is 15.9 Å². The lowest BCUT2D eigenvalue weighted by molar-refractivity contribution is 0.0773. The molecule has 0 aliphatic rings. The lowest BCUT2D eigenvalue weighted by atomic mass is 10.2. The lowest BCUT2D eigenvalue weighted by Gasteiger charge is -2.18. The molecule has 0 aliphatic heterocycles. The molecule has 0 atom stereocenters. The minimum Gasteiger partial charge on any atom is -0.336 e. The smallest absolute Gasteiger partial charge is 0.273 e. The molecule has 0 saturated carbocycles. The zero-order chi connectivity index (χ0) is 16.4. The van der Waals surface area contributed by atoms with Gasteiger partial charge >= 0.3 is 0 Å². The predicted molar refractivity (Wildman–Crippen MR) is 90.3 cm³/mol. The van der Waals surface area contributed by atoms with Gasteiger partial charge in [0.15, 0.2) is 0 Å². The van der Waals surface area contributed by atoms with E-state index in [9.17, 15) is 4.79 Å². The van der Waals surface area contributed by atoms with Gasteiger partial charge in [-0.3, -0.25) is 9.48 Å². The standard InChI is InChI=1S/C16H16BrN5O/c1-20(16(23)15-14(17)10-19-21(15)2)11-12-4-6-13(7-5-12)22-9-3-8-18-22/h3-10H,11H2,1-2H3. The molecule has 23 heavy (non-hydrogen) atoms. The predicted octanol–water partition coefficient (Wildman–Crippen LogP) is 2.64. The summed E-state index contributed by atoms with van der Waals surface area (Å²) in [6, 6.07) is 9.85. The molecule has 0 unspecified atom stereocenters. The molecule has 0 spiro atoms. The molecule has 2 aromatic heterocycles. The Hall–Kier alpha value is -2.41. The molecule has 6 nitrogen and oxygen atoms in total. The Morgan fingerprint density at radius 2 is 2.00 bits per heavy atom. The largest absolute Gasteiger partial charge is 0.336 e. The molecule has 0 saturated heterocycles. The van der Waals surface area contributed by atoms with Crippen molar-refractivity contribution in [2.45, 2.75) is 6.54 Å². The fraction of sp³-hybridized carbons (Fsp3) is 0.188. The number of carbonyl (C=O) groups is 1. The van der Waals surface area contributed by atoms with Gasteiger partial charge < -0.3 is 4.90 Å². The molecular formula is C16H16BrN5O. The number of rotatable bonds is 4. The molecule has 1 amide bonds. The fourth-order valence-electron chi connectivity index (χ4n) is 2.35. The van der Waals surface area contributed by atoms with E-state index in [2.05, 4.69) is 26.1 Å². The average Bonchev–Trinajstić information content (AvgIpc) is 3.18. The highest BCUT2D eigenvalue weighted by atomic mass is 79.9. The van der Waals surface area contributed by atoms with Crippen LogP contribution in [-0.2, 0) is 13.6 Å². The SMILES string of the molecule is CN(Cc1ccc(-n2cccn2)cc1)C(=O)c1c(Br)cnn1C. The molecule has 118 valence electrons. The van der Waals surface area contributed by atoms with Crippen molar-refractivity contribution in [1.82, 2.24) is 24.5 Å². The molecule has 3 rings (SSSR count). The van der Waals surface area contributed by atoms with Gasteiger partial charge in [-0.15, -0.1) is 0 Å². The first-order chi connectivity index (χ1) is 11.1. The van der Waals surface area contributed by atoms with Crippen LogP contribution in [-0.4, -0.2) is 37.4 Å². The van der Waals surface area contributed by atoms with Gasteiger partial charge in [0.05, 0.1) is 16.4 Å². The summed E-state index contributed by atoms with van der Waals surface area (Å²) in [5.74, 6) is -0.0759. The van der Waals surface area contributed by atoms with Crippen molar-refractivity contribution >= 4 is 21.8 Å². The van der Waals surface area contributed by atoms with Crippen LogP contribution in [0.3, 0.4) is 0 Å². The molecule has 0 radical (unpaired) electrons. The maximum absolute atomic E-state index is 12.5. The number of nitrogens with zero attached hydrogens (tertiary/aromatic N) is 5. The van der Waals surface area contributed by atoms with E-state index in [0.717, 1.165) is 11.3 Å². The molecule has 0 aliphatic carbocycles. The van der Waals surface area contributed by atoms with Crippen molar-refractivity contribution < 1.29 is 4.79 Å². The van der Waals surface area contributed by atoms with E-state index in [1.165, 1.54) is 0 Å². The van der Waals surface area contributed by atoms with Gasteiger partial charge in [-0.2, -0.15) is 10.2 Å². The minimum absolute atomic E-state index is 0.0759. The van der Waals surface area contributed by atoms with Gasteiger partial charge in [-0.25, -0.2) is 4.68 Å². The van der Waals surface area contributed by atoms with Crippen LogP contribution in [0.25, 0.3) is 5.69 Å². The van der Waals surface area contributed by atoms with Crippen LogP contribution in [0, 0.1) is 0 Å². The van der Waals surface area contributed by atoms with E-state index in [1.54, 1.807) is 40.8 Å². The Labute approximate surface area is 142 Å². The Kier molecular flexibility index (Phi) is 4.29. The summed E-state index contributed by atoms with van der Waals surface area (Å²) < 4.78 is 4.07. The number of aromatic nitrogens is 4. The molecule has 2 heterocycles. The van der Waals surface area contributed by atoms with Crippen LogP contribution in [0.2, 0.25) is 0 Å². The number of halogens is 1. The van der Waals surface area contributed by atoms with Crippen molar-refractivity contribution in [3.05, 3.63) is 64.7 Å². The summed E-state index contributed by atoms with van der Waals surface area (Å²) in [4.78, 5) is 14.2. The van der Waals surface area contributed by atoms with Crippen LogP contribution in [0.1, 0.15) is 16.1 Å². The van der Waals surface area contributed by atoms with Crippen molar-refractivity contribution in [1.29, 1.82) is 0 Å². The van der Waals surface area contributed by atoms with Crippen molar-refractivity contribution in [2.75, 3.05) is 7.05 Å². The van der Waals surface area contributed by atoms with E-state index in [4.69, 9.17) is 0 Å². The number of carbonyl (C=O) groups excluding carboxylic acids is 1. The van der Waals surface area contributed by atoms with Crippen molar-refractivity contribution in [3.8, 4) is 5.69 Å².